The van der Waals surface area contributed by atoms with Crippen LogP contribution in [0.15, 0.2) is 25.3 Å². The van der Waals surface area contributed by atoms with E-state index in [4.69, 9.17) is 13.6 Å². The molecule has 1 saturated heterocycles. The van der Waals surface area contributed by atoms with Crippen molar-refractivity contribution in [3.63, 3.8) is 0 Å². The van der Waals surface area contributed by atoms with Crippen LogP contribution in [0.5, 0.6) is 0 Å². The lowest BCUT2D eigenvalue weighted by atomic mass is 9.31. The lowest BCUT2D eigenvalue weighted by Gasteiger charge is -2.73. The molecule has 10 atom stereocenters. The average Bonchev–Trinajstić information content (AvgIpc) is 3.36. The zero-order valence-corrected chi connectivity index (χ0v) is 32.1. The minimum atomic E-state index is -2.65. The predicted molar refractivity (Wildman–Crippen MR) is 188 cm³/mol. The summed E-state index contributed by atoms with van der Waals surface area (Å²) in [6, 6.07) is 0.00740. The maximum atomic E-state index is 15.1. The Morgan fingerprint density at radius 2 is 1.55 bits per heavy atom. The van der Waals surface area contributed by atoms with Crippen molar-refractivity contribution in [2.45, 2.75) is 151 Å². The largest absolute Gasteiger partial charge is 0.519 e. The van der Waals surface area contributed by atoms with Crippen LogP contribution in [0, 0.1) is 56.7 Å². The van der Waals surface area contributed by atoms with E-state index in [9.17, 15) is 23.8 Å². The predicted octanol–water partition coefficient (Wildman–Crippen LogP) is 7.82. The molecule has 1 aromatic rings. The van der Waals surface area contributed by atoms with Gasteiger partial charge >= 0.3 is 5.82 Å². The maximum absolute atomic E-state index is 15.1. The Balaban J connectivity index is 1.26. The molecule has 0 amide bonds. The van der Waals surface area contributed by atoms with Crippen LogP contribution >= 0.6 is 0 Å². The average molecular weight is 718 g/mol. The van der Waals surface area contributed by atoms with Crippen LogP contribution in [0.2, 0.25) is 0 Å². The van der Waals surface area contributed by atoms with Gasteiger partial charge in [-0.25, -0.2) is 13.6 Å². The summed E-state index contributed by atoms with van der Waals surface area (Å²) >= 11 is 0. The van der Waals surface area contributed by atoms with E-state index in [1.807, 2.05) is 13.0 Å². The fourth-order valence-electron chi connectivity index (χ4n) is 13.7. The minimum absolute atomic E-state index is 0.00740. The summed E-state index contributed by atoms with van der Waals surface area (Å²) in [6.07, 6.45) is 7.94. The first-order valence-electron chi connectivity index (χ1n) is 19.5. The number of carbonyl (C=O) groups is 1. The molecule has 1 aliphatic heterocycles. The summed E-state index contributed by atoms with van der Waals surface area (Å²) < 4.78 is 45.6. The minimum Gasteiger partial charge on any atom is -0.396 e. The van der Waals surface area contributed by atoms with Crippen LogP contribution < -0.4 is 5.82 Å². The lowest BCUT2D eigenvalue weighted by molar-refractivity contribution is -0.222. The number of ether oxygens (including phenoxy) is 1. The van der Waals surface area contributed by atoms with E-state index < -0.39 is 28.9 Å². The topological polar surface area (TPSA) is 113 Å². The highest BCUT2D eigenvalue weighted by Gasteiger charge is 2.73. The molecule has 2 N–H and O–H groups in total. The summed E-state index contributed by atoms with van der Waals surface area (Å²) in [5.41, 5.74) is -1.19. The molecule has 6 aliphatic rings. The van der Waals surface area contributed by atoms with Crippen LogP contribution in [-0.4, -0.2) is 58.8 Å². The van der Waals surface area contributed by atoms with Crippen molar-refractivity contribution in [1.82, 2.24) is 4.90 Å². The van der Waals surface area contributed by atoms with Crippen molar-refractivity contribution < 1.29 is 37.4 Å². The second-order valence-electron chi connectivity index (χ2n) is 19.7. The SMILES string of the molecule is Cc1oc(=O)oc1COC[C@]1(C)C(N2CCC(F)(F)CC2)CCC2(C)C1CCC1(C)[C@@H]2C(=O)C=C2C3(C)C[C@@](C)(C(O)O)CC[C@]3(C)CC[C@]21C. The second kappa shape index (κ2) is 11.8. The standard InChI is InChI=1S/C41H61F2NO7/c1-25-27(51-33(48)50-25)22-49-24-37(5)28-9-12-39(7)31(36(28,4)11-10-30(37)44-19-17-41(42,43)18-20-44)26(45)21-29-38(39,6)16-15-35(3)14-13-34(2,32(46)47)23-40(29,35)8/h21,28,30-32,46-47H,9-20,22-24H2,1-8H3/t28?,30?,31-,34+,35-,36?,37+,38-,39?,40?/m1/s1. The Morgan fingerprint density at radius 3 is 2.18 bits per heavy atom. The number of piperidine rings is 1. The van der Waals surface area contributed by atoms with Gasteiger partial charge in [-0.1, -0.05) is 54.0 Å². The van der Waals surface area contributed by atoms with Crippen LogP contribution in [-0.2, 0) is 16.1 Å². The summed E-state index contributed by atoms with van der Waals surface area (Å²) in [5, 5.41) is 21.1. The number of ketones is 1. The van der Waals surface area contributed by atoms with Crippen molar-refractivity contribution >= 4 is 5.78 Å². The smallest absolute Gasteiger partial charge is 0.396 e. The van der Waals surface area contributed by atoms with Crippen molar-refractivity contribution in [1.29, 1.82) is 0 Å². The number of carbonyl (C=O) groups excluding carboxylic acids is 1. The highest BCUT2D eigenvalue weighted by Crippen LogP contribution is 2.78. The van der Waals surface area contributed by atoms with Crippen molar-refractivity contribution in [3.05, 3.63) is 33.8 Å². The number of allylic oxidation sites excluding steroid dienone is 2. The van der Waals surface area contributed by atoms with Gasteiger partial charge in [0.1, 0.15) is 12.4 Å². The molecule has 286 valence electrons. The van der Waals surface area contributed by atoms with Crippen LogP contribution in [0.1, 0.15) is 131 Å². The fraction of sp³-hybridized carbons (Fsp3) is 0.854. The molecule has 5 unspecified atom stereocenters. The van der Waals surface area contributed by atoms with E-state index >= 15 is 4.79 Å². The van der Waals surface area contributed by atoms with Gasteiger partial charge in [-0.2, -0.15) is 0 Å². The number of hydrogen-bond donors (Lipinski definition) is 2. The molecule has 2 heterocycles. The maximum Gasteiger partial charge on any atom is 0.519 e. The first-order chi connectivity index (χ1) is 23.6. The number of halogens is 2. The molecule has 4 saturated carbocycles. The zero-order valence-electron chi connectivity index (χ0n) is 32.1. The third-order valence-corrected chi connectivity index (χ3v) is 17.2. The summed E-state index contributed by atoms with van der Waals surface area (Å²) in [5.74, 6) is -2.61. The van der Waals surface area contributed by atoms with Crippen molar-refractivity contribution in [2.24, 2.45) is 49.7 Å². The normalized spacial score (nSPS) is 46.9. The Bertz CT molecular complexity index is 1640. The number of nitrogens with zero attached hydrogens (tertiary/aromatic N) is 1. The number of aryl methyl sites for hydroxylation is 1. The number of hydrogen-bond acceptors (Lipinski definition) is 8. The summed E-state index contributed by atoms with van der Waals surface area (Å²) in [6.45, 7) is 18.7. The molecule has 10 heteroatoms. The molecular formula is C41H61F2NO7. The summed E-state index contributed by atoms with van der Waals surface area (Å²) in [7, 11) is 0. The molecule has 0 aromatic carbocycles. The molecule has 51 heavy (non-hydrogen) atoms. The molecule has 0 radical (unpaired) electrons. The van der Waals surface area contributed by atoms with Gasteiger partial charge < -0.3 is 23.8 Å². The monoisotopic (exact) mass is 717 g/mol. The number of fused-ring (bicyclic) bond motifs is 7. The Morgan fingerprint density at radius 1 is 0.882 bits per heavy atom. The highest BCUT2D eigenvalue weighted by molar-refractivity contribution is 5.96. The number of aliphatic hydroxyl groups is 2. The molecule has 1 aromatic heterocycles. The van der Waals surface area contributed by atoms with E-state index in [1.54, 1.807) is 6.92 Å². The third kappa shape index (κ3) is 5.29. The van der Waals surface area contributed by atoms with Gasteiger partial charge in [0, 0.05) is 48.7 Å². The van der Waals surface area contributed by atoms with Gasteiger partial charge in [0.25, 0.3) is 5.92 Å². The van der Waals surface area contributed by atoms with Crippen molar-refractivity contribution in [2.75, 3.05) is 19.7 Å². The Kier molecular flexibility index (Phi) is 8.67. The van der Waals surface area contributed by atoms with Crippen molar-refractivity contribution in [3.8, 4) is 0 Å². The molecule has 5 fully saturated rings. The number of likely N-dealkylation sites (tertiary alicyclic amines) is 1. The van der Waals surface area contributed by atoms with E-state index in [0.717, 1.165) is 51.4 Å². The Hall–Kier alpha value is -1.88. The number of alkyl halides is 2. The number of aliphatic hydroxyl groups excluding tert-OH is 1. The Labute approximate surface area is 301 Å². The molecule has 7 rings (SSSR count). The first-order valence-corrected chi connectivity index (χ1v) is 19.5. The van der Waals surface area contributed by atoms with E-state index in [2.05, 4.69) is 46.4 Å². The van der Waals surface area contributed by atoms with E-state index in [1.165, 1.54) is 5.57 Å². The van der Waals surface area contributed by atoms with Gasteiger partial charge in [-0.3, -0.25) is 9.69 Å². The molecule has 5 aliphatic carbocycles. The molecule has 0 bridgehead atoms. The molecular weight excluding hydrogens is 656 g/mol. The first kappa shape index (κ1) is 37.4. The van der Waals surface area contributed by atoms with Gasteiger partial charge in [-0.15, -0.1) is 0 Å². The quantitative estimate of drug-likeness (QED) is 0.287. The van der Waals surface area contributed by atoms with Crippen LogP contribution in [0.25, 0.3) is 0 Å². The van der Waals surface area contributed by atoms with Gasteiger partial charge in [0.2, 0.25) is 0 Å². The second-order valence-corrected chi connectivity index (χ2v) is 19.7. The highest BCUT2D eigenvalue weighted by atomic mass is 19.3. The van der Waals surface area contributed by atoms with Crippen LogP contribution in [0.4, 0.5) is 8.78 Å². The van der Waals surface area contributed by atoms with Crippen LogP contribution in [0.3, 0.4) is 0 Å². The molecule has 0 spiro atoms. The zero-order chi connectivity index (χ0) is 37.2. The van der Waals surface area contributed by atoms with Gasteiger partial charge in [-0.05, 0) is 104 Å². The summed E-state index contributed by atoms with van der Waals surface area (Å²) in [4.78, 5) is 29.1. The third-order valence-electron chi connectivity index (χ3n) is 17.2. The van der Waals surface area contributed by atoms with Gasteiger partial charge in [0.15, 0.2) is 17.8 Å². The van der Waals surface area contributed by atoms with E-state index in [0.29, 0.717) is 37.6 Å². The lowest BCUT2D eigenvalue weighted by Crippen LogP contribution is -2.70. The van der Waals surface area contributed by atoms with E-state index in [-0.39, 0.29) is 70.2 Å². The fourth-order valence-corrected chi connectivity index (χ4v) is 13.7. The number of rotatable bonds is 6. The van der Waals surface area contributed by atoms with Gasteiger partial charge in [0.05, 0.1) is 6.61 Å². The molecule has 8 nitrogen and oxygen atoms in total.